The van der Waals surface area contributed by atoms with Gasteiger partial charge in [0, 0.05) is 25.7 Å². The van der Waals surface area contributed by atoms with Crippen LogP contribution in [0.3, 0.4) is 0 Å². The zero-order chi connectivity index (χ0) is 37.9. The Morgan fingerprint density at radius 2 is 0.957 bits per heavy atom. The van der Waals surface area contributed by atoms with Gasteiger partial charge in [-0.2, -0.15) is 0 Å². The van der Waals surface area contributed by atoms with Crippen molar-refractivity contribution in [1.82, 2.24) is 0 Å². The summed E-state index contributed by atoms with van der Waals surface area (Å²) in [6.07, 6.45) is 0. The van der Waals surface area contributed by atoms with Crippen LogP contribution >= 0.6 is 11.3 Å². The van der Waals surface area contributed by atoms with E-state index in [1.54, 1.807) is 11.3 Å². The summed E-state index contributed by atoms with van der Waals surface area (Å²) >= 11 is 1.55. The number of thiophene rings is 1. The van der Waals surface area contributed by atoms with E-state index in [1.165, 1.54) is 0 Å². The molecule has 0 N–H and O–H groups in total. The molecular formula is C46H28S. The van der Waals surface area contributed by atoms with Crippen molar-refractivity contribution in [3.8, 4) is 33.4 Å². The molecule has 0 nitrogen and oxygen atoms in total. The maximum Gasteiger partial charge on any atom is 0.0629 e. The molecule has 218 valence electrons. The van der Waals surface area contributed by atoms with Crippen molar-refractivity contribution in [2.24, 2.45) is 0 Å². The van der Waals surface area contributed by atoms with Crippen LogP contribution in [-0.4, -0.2) is 0 Å². The van der Waals surface area contributed by atoms with Crippen molar-refractivity contribution in [3.05, 3.63) is 170 Å². The molecular weight excluding hydrogens is 585 g/mol. The van der Waals surface area contributed by atoms with E-state index in [0.717, 1.165) is 52.8 Å². The summed E-state index contributed by atoms with van der Waals surface area (Å²) in [5.74, 6) is 0. The lowest BCUT2D eigenvalue weighted by Gasteiger charge is -2.19. The normalized spacial score (nSPS) is 14.2. The molecule has 0 spiro atoms. The fourth-order valence-electron chi connectivity index (χ4n) is 7.26. The molecule has 1 heterocycles. The minimum Gasteiger partial charge on any atom is -0.135 e. The van der Waals surface area contributed by atoms with Gasteiger partial charge in [0.1, 0.15) is 0 Å². The van der Waals surface area contributed by atoms with Gasteiger partial charge < -0.3 is 0 Å². The van der Waals surface area contributed by atoms with E-state index in [1.807, 2.05) is 91.0 Å². The molecule has 0 amide bonds. The third kappa shape index (κ3) is 4.00. The van der Waals surface area contributed by atoms with E-state index >= 15 is 0 Å². The Bertz CT molecular complexity index is 3230. The zero-order valence-corrected chi connectivity index (χ0v) is 25.8. The molecule has 1 heteroatoms. The quantitative estimate of drug-likeness (QED) is 0.136. The van der Waals surface area contributed by atoms with Gasteiger partial charge in [0.05, 0.1) is 11.0 Å². The monoisotopic (exact) mass is 620 g/mol. The number of fused-ring (bicyclic) bond motifs is 8. The van der Waals surface area contributed by atoms with Crippen molar-refractivity contribution >= 4 is 74.6 Å². The van der Waals surface area contributed by atoms with Crippen LogP contribution in [-0.2, 0) is 0 Å². The summed E-state index contributed by atoms with van der Waals surface area (Å²) in [6.45, 7) is 0. The standard InChI is InChI=1S/C46H28S/c1-2-16-32-30(13-1)28-42(34-18-4-3-17-33(32)34)29-14-11-15-31(27-29)44-36-20-5-7-22-38(36)45(39-23-8-6-21-37(39)44)41-25-12-24-40-35-19-9-10-26-43(35)47-46(40)41/h1-28H/i5D,6D,7D,8D,20D,21D,22D,23D. The van der Waals surface area contributed by atoms with Gasteiger partial charge in [0.15, 0.2) is 0 Å². The van der Waals surface area contributed by atoms with Crippen LogP contribution in [0.2, 0.25) is 0 Å². The van der Waals surface area contributed by atoms with E-state index in [9.17, 15) is 5.48 Å². The van der Waals surface area contributed by atoms with Crippen LogP contribution in [0.25, 0.3) is 96.6 Å². The Hall–Kier alpha value is -5.76. The van der Waals surface area contributed by atoms with Gasteiger partial charge in [-0.25, -0.2) is 0 Å². The predicted octanol–water partition coefficient (Wildman–Crippen LogP) is 13.7. The maximum absolute atomic E-state index is 9.46. The molecule has 0 fully saturated rings. The zero-order valence-electron chi connectivity index (χ0n) is 33.0. The molecule has 0 radical (unpaired) electrons. The van der Waals surface area contributed by atoms with Gasteiger partial charge in [0.2, 0.25) is 0 Å². The second kappa shape index (κ2) is 10.4. The Labute approximate surface area is 288 Å². The van der Waals surface area contributed by atoms with Gasteiger partial charge in [-0.3, -0.25) is 0 Å². The predicted molar refractivity (Wildman–Crippen MR) is 206 cm³/mol. The van der Waals surface area contributed by atoms with Crippen molar-refractivity contribution in [2.75, 3.05) is 0 Å². The lowest BCUT2D eigenvalue weighted by Crippen LogP contribution is -1.91. The summed E-state index contributed by atoms with van der Waals surface area (Å²) in [5, 5.41) is 7.18. The summed E-state index contributed by atoms with van der Waals surface area (Å²) < 4.78 is 75.2. The molecule has 0 saturated heterocycles. The minimum atomic E-state index is -0.415. The van der Waals surface area contributed by atoms with Gasteiger partial charge in [-0.05, 0) is 89.1 Å². The molecule has 10 rings (SSSR count). The number of benzene rings is 9. The third-order valence-electron chi connectivity index (χ3n) is 9.28. The van der Waals surface area contributed by atoms with Crippen LogP contribution in [0.5, 0.6) is 0 Å². The first-order chi connectivity index (χ1) is 26.7. The Kier molecular flexibility index (Phi) is 4.35. The number of rotatable bonds is 3. The highest BCUT2D eigenvalue weighted by Gasteiger charge is 2.20. The van der Waals surface area contributed by atoms with E-state index in [0.29, 0.717) is 22.3 Å². The first kappa shape index (κ1) is 19.7. The molecule has 10 aromatic rings. The summed E-state index contributed by atoms with van der Waals surface area (Å²) in [7, 11) is 0. The van der Waals surface area contributed by atoms with Crippen LogP contribution in [0.1, 0.15) is 11.0 Å². The first-order valence-corrected chi connectivity index (χ1v) is 16.3. The molecule has 9 aromatic carbocycles. The molecule has 0 aliphatic carbocycles. The topological polar surface area (TPSA) is 0 Å². The molecule has 1 aromatic heterocycles. The Morgan fingerprint density at radius 1 is 0.383 bits per heavy atom. The second-order valence-corrected chi connectivity index (χ2v) is 12.9. The highest BCUT2D eigenvalue weighted by molar-refractivity contribution is 7.26. The molecule has 0 aliphatic heterocycles. The lowest BCUT2D eigenvalue weighted by atomic mass is 9.85. The smallest absolute Gasteiger partial charge is 0.0629 e. The summed E-state index contributed by atoms with van der Waals surface area (Å²) in [4.78, 5) is 0. The van der Waals surface area contributed by atoms with Crippen LogP contribution < -0.4 is 0 Å². The average Bonchev–Trinajstić information content (AvgIpc) is 3.61. The van der Waals surface area contributed by atoms with Gasteiger partial charge in [0.25, 0.3) is 0 Å². The largest absolute Gasteiger partial charge is 0.135 e. The number of hydrogen-bond donors (Lipinski definition) is 0. The fourth-order valence-corrected chi connectivity index (χ4v) is 8.48. The molecule has 0 unspecified atom stereocenters. The molecule has 47 heavy (non-hydrogen) atoms. The van der Waals surface area contributed by atoms with E-state index in [2.05, 4.69) is 30.3 Å². The summed E-state index contributed by atoms with van der Waals surface area (Å²) in [6, 6.07) is 37.4. The molecule has 0 saturated carbocycles. The highest BCUT2D eigenvalue weighted by Crippen LogP contribution is 2.48. The SMILES string of the molecule is [2H]c1c([2H])c([2H])c2c(-c3cccc4c3sc3ccccc34)c3c([2H])c([2H])c([2H])c([2H])c3c(-c3cccc(-c4cc5ccccc5c5ccccc45)c3)c2c1[2H]. The minimum absolute atomic E-state index is 0.206. The van der Waals surface area contributed by atoms with Crippen LogP contribution in [0, 0.1) is 0 Å². The van der Waals surface area contributed by atoms with Gasteiger partial charge in [-0.15, -0.1) is 11.3 Å². The highest BCUT2D eigenvalue weighted by atomic mass is 32.1. The van der Waals surface area contributed by atoms with Crippen molar-refractivity contribution < 1.29 is 11.0 Å². The third-order valence-corrected chi connectivity index (χ3v) is 10.5. The van der Waals surface area contributed by atoms with Crippen LogP contribution in [0.15, 0.2) is 170 Å². The van der Waals surface area contributed by atoms with E-state index in [-0.39, 0.29) is 45.7 Å². The van der Waals surface area contributed by atoms with Gasteiger partial charge in [-0.1, -0.05) is 151 Å². The van der Waals surface area contributed by atoms with Crippen LogP contribution in [0.4, 0.5) is 0 Å². The Balaban J connectivity index is 1.40. The van der Waals surface area contributed by atoms with E-state index in [4.69, 9.17) is 5.48 Å². The molecule has 0 aliphatic rings. The first-order valence-electron chi connectivity index (χ1n) is 19.5. The van der Waals surface area contributed by atoms with Gasteiger partial charge >= 0.3 is 0 Å². The number of hydrogen-bond acceptors (Lipinski definition) is 1. The summed E-state index contributed by atoms with van der Waals surface area (Å²) in [5.41, 5.74) is 3.76. The van der Waals surface area contributed by atoms with E-state index < -0.39 is 24.2 Å². The maximum atomic E-state index is 9.46. The molecule has 0 atom stereocenters. The van der Waals surface area contributed by atoms with Crippen molar-refractivity contribution in [2.45, 2.75) is 0 Å². The average molecular weight is 621 g/mol. The fraction of sp³-hybridized carbons (Fsp3) is 0. The van der Waals surface area contributed by atoms with Crippen molar-refractivity contribution in [1.29, 1.82) is 0 Å². The van der Waals surface area contributed by atoms with Crippen molar-refractivity contribution in [3.63, 3.8) is 0 Å². The lowest BCUT2D eigenvalue weighted by molar-refractivity contribution is 1.64. The molecule has 0 bridgehead atoms. The Morgan fingerprint density at radius 3 is 1.72 bits per heavy atom. The second-order valence-electron chi connectivity index (χ2n) is 11.8.